The maximum absolute atomic E-state index is 14.5. The molecule has 1 amide bonds. The summed E-state index contributed by atoms with van der Waals surface area (Å²) in [6, 6.07) is 3.55. The Morgan fingerprint density at radius 2 is 1.92 bits per heavy atom. The number of nitrogens with zero attached hydrogens (tertiary/aromatic N) is 1. The molecule has 1 heterocycles. The molecular weight excluding hydrogens is 339 g/mol. The number of benzene rings is 1. The van der Waals surface area contributed by atoms with Crippen LogP contribution in [0.4, 0.5) is 14.9 Å². The SMILES string of the molecule is CC(C)(C)OC(=O)NC(Cc1ccc(N2CCCCC2)c(F)c1)C(=O)O. The van der Waals surface area contributed by atoms with Crippen LogP contribution in [0.25, 0.3) is 0 Å². The highest BCUT2D eigenvalue weighted by Crippen LogP contribution is 2.24. The van der Waals surface area contributed by atoms with Gasteiger partial charge in [0.2, 0.25) is 0 Å². The van der Waals surface area contributed by atoms with Crippen LogP contribution in [-0.4, -0.2) is 41.9 Å². The summed E-state index contributed by atoms with van der Waals surface area (Å²) < 4.78 is 19.6. The molecule has 0 radical (unpaired) electrons. The van der Waals surface area contributed by atoms with Gasteiger partial charge < -0.3 is 20.1 Å². The molecule has 1 unspecified atom stereocenters. The highest BCUT2D eigenvalue weighted by Gasteiger charge is 2.25. The topological polar surface area (TPSA) is 78.9 Å². The lowest BCUT2D eigenvalue weighted by atomic mass is 10.0. The lowest BCUT2D eigenvalue weighted by Gasteiger charge is -2.29. The number of hydrogen-bond acceptors (Lipinski definition) is 4. The number of aliphatic carboxylic acids is 1. The van der Waals surface area contributed by atoms with Gasteiger partial charge in [0.25, 0.3) is 0 Å². The molecule has 0 aliphatic carbocycles. The number of halogens is 1. The van der Waals surface area contributed by atoms with Gasteiger partial charge >= 0.3 is 12.1 Å². The Bertz CT molecular complexity index is 651. The van der Waals surface area contributed by atoms with Gasteiger partial charge in [-0.25, -0.2) is 14.0 Å². The third-order valence-corrected chi connectivity index (χ3v) is 4.14. The molecule has 1 saturated heterocycles. The van der Waals surface area contributed by atoms with E-state index in [4.69, 9.17) is 4.74 Å². The molecule has 1 atom stereocenters. The second-order valence-electron chi connectivity index (χ2n) is 7.57. The van der Waals surface area contributed by atoms with Crippen molar-refractivity contribution in [2.75, 3.05) is 18.0 Å². The second-order valence-corrected chi connectivity index (χ2v) is 7.57. The summed E-state index contributed by atoms with van der Waals surface area (Å²) in [4.78, 5) is 25.3. The van der Waals surface area contributed by atoms with Crippen LogP contribution in [0.2, 0.25) is 0 Å². The molecule has 2 N–H and O–H groups in total. The first-order chi connectivity index (χ1) is 12.2. The van der Waals surface area contributed by atoms with Crippen molar-refractivity contribution in [3.8, 4) is 0 Å². The monoisotopic (exact) mass is 366 g/mol. The van der Waals surface area contributed by atoms with Crippen molar-refractivity contribution in [1.29, 1.82) is 0 Å². The molecule has 0 bridgehead atoms. The number of carbonyl (C=O) groups is 2. The summed E-state index contributed by atoms with van der Waals surface area (Å²) in [6.07, 6.45) is 2.42. The average molecular weight is 366 g/mol. The predicted octanol–water partition coefficient (Wildman–Crippen LogP) is 3.34. The van der Waals surface area contributed by atoms with Gasteiger partial charge in [0.1, 0.15) is 17.5 Å². The maximum Gasteiger partial charge on any atom is 0.408 e. The lowest BCUT2D eigenvalue weighted by molar-refractivity contribution is -0.139. The van der Waals surface area contributed by atoms with Crippen molar-refractivity contribution >= 4 is 17.7 Å². The van der Waals surface area contributed by atoms with Crippen molar-refractivity contribution in [3.05, 3.63) is 29.6 Å². The maximum atomic E-state index is 14.5. The number of hydrogen-bond donors (Lipinski definition) is 2. The fourth-order valence-corrected chi connectivity index (χ4v) is 2.95. The van der Waals surface area contributed by atoms with Crippen LogP contribution < -0.4 is 10.2 Å². The van der Waals surface area contributed by atoms with Crippen LogP contribution in [0.5, 0.6) is 0 Å². The number of carbonyl (C=O) groups excluding carboxylic acids is 1. The third kappa shape index (κ3) is 5.89. The number of piperidine rings is 1. The van der Waals surface area contributed by atoms with E-state index in [-0.39, 0.29) is 12.2 Å². The minimum absolute atomic E-state index is 0.0220. The number of rotatable bonds is 5. The Balaban J connectivity index is 2.05. The van der Waals surface area contributed by atoms with Crippen LogP contribution in [0.15, 0.2) is 18.2 Å². The molecule has 1 aliphatic rings. The van der Waals surface area contributed by atoms with Crippen molar-refractivity contribution in [2.45, 2.75) is 58.1 Å². The predicted molar refractivity (Wildman–Crippen MR) is 97.0 cm³/mol. The van der Waals surface area contributed by atoms with E-state index in [0.29, 0.717) is 11.3 Å². The summed E-state index contributed by atoms with van der Waals surface area (Å²) in [6.45, 7) is 6.73. The molecule has 26 heavy (non-hydrogen) atoms. The highest BCUT2D eigenvalue weighted by atomic mass is 19.1. The van der Waals surface area contributed by atoms with E-state index >= 15 is 0 Å². The minimum atomic E-state index is -1.20. The first-order valence-corrected chi connectivity index (χ1v) is 8.91. The molecule has 7 heteroatoms. The van der Waals surface area contributed by atoms with Gasteiger partial charge in [-0.3, -0.25) is 0 Å². The number of carboxylic acid groups (broad SMARTS) is 1. The summed E-state index contributed by atoms with van der Waals surface area (Å²) in [7, 11) is 0. The molecule has 1 aliphatic heterocycles. The molecule has 1 aromatic rings. The van der Waals surface area contributed by atoms with Crippen molar-refractivity contribution in [2.24, 2.45) is 0 Å². The van der Waals surface area contributed by atoms with Crippen LogP contribution in [0.1, 0.15) is 45.6 Å². The third-order valence-electron chi connectivity index (χ3n) is 4.14. The zero-order valence-electron chi connectivity index (χ0n) is 15.5. The van der Waals surface area contributed by atoms with E-state index in [1.165, 1.54) is 6.07 Å². The van der Waals surface area contributed by atoms with Crippen LogP contribution >= 0.6 is 0 Å². The van der Waals surface area contributed by atoms with E-state index in [1.54, 1.807) is 32.9 Å². The number of nitrogens with one attached hydrogen (secondary N) is 1. The molecule has 0 spiro atoms. The first kappa shape index (κ1) is 20.0. The van der Waals surface area contributed by atoms with E-state index in [2.05, 4.69) is 5.32 Å². The van der Waals surface area contributed by atoms with Crippen molar-refractivity contribution < 1.29 is 23.8 Å². The summed E-state index contributed by atoms with van der Waals surface area (Å²) in [5.74, 6) is -1.57. The minimum Gasteiger partial charge on any atom is -0.480 e. The van der Waals surface area contributed by atoms with Gasteiger partial charge in [-0.15, -0.1) is 0 Å². The molecule has 0 aromatic heterocycles. The van der Waals surface area contributed by atoms with Crippen molar-refractivity contribution in [1.82, 2.24) is 5.32 Å². The zero-order chi connectivity index (χ0) is 19.3. The highest BCUT2D eigenvalue weighted by molar-refractivity contribution is 5.80. The van der Waals surface area contributed by atoms with Crippen LogP contribution in [0, 0.1) is 5.82 Å². The van der Waals surface area contributed by atoms with Gasteiger partial charge in [0.05, 0.1) is 5.69 Å². The Morgan fingerprint density at radius 1 is 1.27 bits per heavy atom. The Kier molecular flexibility index (Phi) is 6.45. The van der Waals surface area contributed by atoms with E-state index in [1.807, 2.05) is 4.90 Å². The zero-order valence-corrected chi connectivity index (χ0v) is 15.5. The quantitative estimate of drug-likeness (QED) is 0.836. The fourth-order valence-electron chi connectivity index (χ4n) is 2.95. The molecule has 1 aromatic carbocycles. The fraction of sp³-hybridized carbons (Fsp3) is 0.579. The van der Waals surface area contributed by atoms with Crippen LogP contribution in [0.3, 0.4) is 0 Å². The molecule has 2 rings (SSSR count). The van der Waals surface area contributed by atoms with Crippen molar-refractivity contribution in [3.63, 3.8) is 0 Å². The standard InChI is InChI=1S/C19H27FN2O4/c1-19(2,3)26-18(25)21-15(17(23)24)12-13-7-8-16(14(20)11-13)22-9-5-4-6-10-22/h7-8,11,15H,4-6,9-10,12H2,1-3H3,(H,21,25)(H,23,24). The summed E-state index contributed by atoms with van der Waals surface area (Å²) >= 11 is 0. The molecule has 0 saturated carbocycles. The number of anilines is 1. The van der Waals surface area contributed by atoms with Gasteiger partial charge in [0.15, 0.2) is 0 Å². The van der Waals surface area contributed by atoms with E-state index in [9.17, 15) is 19.1 Å². The molecular formula is C19H27FN2O4. The van der Waals surface area contributed by atoms with Gasteiger partial charge in [-0.2, -0.15) is 0 Å². The first-order valence-electron chi connectivity index (χ1n) is 8.91. The molecule has 144 valence electrons. The molecule has 6 nitrogen and oxygen atoms in total. The summed E-state index contributed by atoms with van der Waals surface area (Å²) in [5.41, 5.74) is 0.321. The Labute approximate surface area is 153 Å². The smallest absolute Gasteiger partial charge is 0.408 e. The average Bonchev–Trinajstić information content (AvgIpc) is 2.53. The number of carboxylic acids is 1. The largest absolute Gasteiger partial charge is 0.480 e. The second kappa shape index (κ2) is 8.38. The number of ether oxygens (including phenoxy) is 1. The van der Waals surface area contributed by atoms with E-state index < -0.39 is 23.7 Å². The lowest BCUT2D eigenvalue weighted by Crippen LogP contribution is -2.44. The normalized spacial score (nSPS) is 16.1. The Morgan fingerprint density at radius 3 is 2.46 bits per heavy atom. The van der Waals surface area contributed by atoms with Gasteiger partial charge in [0, 0.05) is 19.5 Å². The van der Waals surface area contributed by atoms with Gasteiger partial charge in [-0.1, -0.05) is 6.07 Å². The molecule has 1 fully saturated rings. The van der Waals surface area contributed by atoms with Gasteiger partial charge in [-0.05, 0) is 57.7 Å². The summed E-state index contributed by atoms with van der Waals surface area (Å²) in [5, 5.41) is 11.7. The van der Waals surface area contributed by atoms with E-state index in [0.717, 1.165) is 32.4 Å². The Hall–Kier alpha value is -2.31. The number of alkyl carbamates (subject to hydrolysis) is 1. The number of amides is 1. The van der Waals surface area contributed by atoms with Crippen LogP contribution in [-0.2, 0) is 16.0 Å².